The summed E-state index contributed by atoms with van der Waals surface area (Å²) in [6, 6.07) is 4.02. The maximum Gasteiger partial charge on any atom is 0.0497 e. The van der Waals surface area contributed by atoms with Gasteiger partial charge in [-0.2, -0.15) is 0 Å². The highest BCUT2D eigenvalue weighted by molar-refractivity contribution is 6.31. The van der Waals surface area contributed by atoms with Crippen LogP contribution in [0.5, 0.6) is 0 Å². The average Bonchev–Trinajstić information content (AvgIpc) is 2.12. The van der Waals surface area contributed by atoms with Gasteiger partial charge in [0.15, 0.2) is 0 Å². The van der Waals surface area contributed by atoms with E-state index in [1.165, 1.54) is 5.56 Å². The number of rotatable bonds is 2. The summed E-state index contributed by atoms with van der Waals surface area (Å²) in [7, 11) is 0. The van der Waals surface area contributed by atoms with Crippen LogP contribution < -0.4 is 0 Å². The third-order valence-corrected chi connectivity index (χ3v) is 2.86. The van der Waals surface area contributed by atoms with Crippen molar-refractivity contribution in [2.75, 3.05) is 6.61 Å². The molecular weight excluding hydrogens is 184 g/mol. The Labute approximate surface area is 84.4 Å². The largest absolute Gasteiger partial charge is 0.396 e. The fourth-order valence-electron chi connectivity index (χ4n) is 1.23. The van der Waals surface area contributed by atoms with Crippen molar-refractivity contribution in [1.82, 2.24) is 0 Å². The Bertz CT molecular complexity index is 284. The highest BCUT2D eigenvalue weighted by atomic mass is 35.5. The molecule has 0 aliphatic carbocycles. The zero-order chi connectivity index (χ0) is 10.0. The van der Waals surface area contributed by atoms with Crippen LogP contribution in [0.15, 0.2) is 12.1 Å². The Morgan fingerprint density at radius 1 is 1.38 bits per heavy atom. The zero-order valence-electron chi connectivity index (χ0n) is 8.26. The van der Waals surface area contributed by atoms with Crippen molar-refractivity contribution in [3.8, 4) is 0 Å². The normalized spacial score (nSPS) is 13.0. The van der Waals surface area contributed by atoms with E-state index in [-0.39, 0.29) is 12.5 Å². The third kappa shape index (κ3) is 2.23. The molecule has 1 rings (SSSR count). The second-order valence-corrected chi connectivity index (χ2v) is 3.94. The summed E-state index contributed by atoms with van der Waals surface area (Å²) < 4.78 is 0. The van der Waals surface area contributed by atoms with Crippen LogP contribution in [0.4, 0.5) is 0 Å². The molecule has 1 aromatic carbocycles. The van der Waals surface area contributed by atoms with Gasteiger partial charge in [0.05, 0.1) is 0 Å². The number of benzene rings is 1. The highest BCUT2D eigenvalue weighted by Crippen LogP contribution is 2.25. The van der Waals surface area contributed by atoms with Crippen LogP contribution >= 0.6 is 11.6 Å². The summed E-state index contributed by atoms with van der Waals surface area (Å²) in [5, 5.41) is 9.78. The number of hydrogen-bond acceptors (Lipinski definition) is 1. The Hall–Kier alpha value is -0.530. The van der Waals surface area contributed by atoms with Crippen LogP contribution in [0.3, 0.4) is 0 Å². The molecule has 0 spiro atoms. The van der Waals surface area contributed by atoms with E-state index in [9.17, 15) is 0 Å². The Kier molecular flexibility index (Phi) is 3.34. The topological polar surface area (TPSA) is 20.2 Å². The molecule has 1 atom stereocenters. The summed E-state index contributed by atoms with van der Waals surface area (Å²) in [6.45, 7) is 6.19. The molecular formula is C11H15ClO. The average molecular weight is 199 g/mol. The summed E-state index contributed by atoms with van der Waals surface area (Å²) in [4.78, 5) is 0. The van der Waals surface area contributed by atoms with E-state index in [0.717, 1.165) is 16.1 Å². The first-order valence-electron chi connectivity index (χ1n) is 4.43. The number of aliphatic hydroxyl groups is 1. The predicted molar refractivity (Wildman–Crippen MR) is 56.4 cm³/mol. The quantitative estimate of drug-likeness (QED) is 0.775. The molecule has 1 aromatic rings. The summed E-state index contributed by atoms with van der Waals surface area (Å²) in [5.41, 5.74) is 3.41. The lowest BCUT2D eigenvalue weighted by Gasteiger charge is -2.12. The number of aliphatic hydroxyl groups excluding tert-OH is 1. The van der Waals surface area contributed by atoms with Gasteiger partial charge in [-0.15, -0.1) is 0 Å². The van der Waals surface area contributed by atoms with Crippen molar-refractivity contribution in [3.05, 3.63) is 33.8 Å². The Morgan fingerprint density at radius 3 is 2.46 bits per heavy atom. The van der Waals surface area contributed by atoms with E-state index < -0.39 is 0 Å². The fraction of sp³-hybridized carbons (Fsp3) is 0.455. The van der Waals surface area contributed by atoms with E-state index >= 15 is 0 Å². The Balaban J connectivity index is 3.13. The van der Waals surface area contributed by atoms with E-state index in [1.54, 1.807) is 0 Å². The molecule has 0 radical (unpaired) electrons. The number of halogens is 1. The lowest BCUT2D eigenvalue weighted by Crippen LogP contribution is -2.00. The molecule has 0 heterocycles. The van der Waals surface area contributed by atoms with Gasteiger partial charge in [-0.3, -0.25) is 0 Å². The minimum atomic E-state index is 0.164. The van der Waals surface area contributed by atoms with Gasteiger partial charge in [0.25, 0.3) is 0 Å². The van der Waals surface area contributed by atoms with Gasteiger partial charge < -0.3 is 5.11 Å². The van der Waals surface area contributed by atoms with Crippen molar-refractivity contribution in [2.45, 2.75) is 26.7 Å². The minimum absolute atomic E-state index is 0.164. The number of aryl methyl sites for hydroxylation is 1. The van der Waals surface area contributed by atoms with E-state index in [2.05, 4.69) is 6.07 Å². The van der Waals surface area contributed by atoms with Crippen molar-refractivity contribution in [1.29, 1.82) is 0 Å². The van der Waals surface area contributed by atoms with E-state index in [0.29, 0.717) is 0 Å². The SMILES string of the molecule is Cc1cc(C(C)CO)cc(Cl)c1C. The molecule has 0 saturated heterocycles. The van der Waals surface area contributed by atoms with Gasteiger partial charge in [-0.1, -0.05) is 24.6 Å². The smallest absolute Gasteiger partial charge is 0.0497 e. The molecule has 1 nitrogen and oxygen atoms in total. The van der Waals surface area contributed by atoms with Crippen molar-refractivity contribution in [2.24, 2.45) is 0 Å². The predicted octanol–water partition coefficient (Wildman–Crippen LogP) is 3.05. The molecule has 0 saturated carbocycles. The zero-order valence-corrected chi connectivity index (χ0v) is 9.02. The summed E-state index contributed by atoms with van der Waals surface area (Å²) in [6.07, 6.45) is 0. The molecule has 0 bridgehead atoms. The van der Waals surface area contributed by atoms with Crippen molar-refractivity contribution >= 4 is 11.6 Å². The van der Waals surface area contributed by atoms with Crippen LogP contribution in [0.1, 0.15) is 29.5 Å². The van der Waals surface area contributed by atoms with Gasteiger partial charge in [-0.05, 0) is 36.6 Å². The van der Waals surface area contributed by atoms with Crippen LogP contribution in [0.25, 0.3) is 0 Å². The van der Waals surface area contributed by atoms with Gasteiger partial charge in [0.1, 0.15) is 0 Å². The second-order valence-electron chi connectivity index (χ2n) is 3.53. The third-order valence-electron chi connectivity index (χ3n) is 2.47. The van der Waals surface area contributed by atoms with E-state index in [4.69, 9.17) is 16.7 Å². The molecule has 0 amide bonds. The van der Waals surface area contributed by atoms with Gasteiger partial charge >= 0.3 is 0 Å². The van der Waals surface area contributed by atoms with Crippen LogP contribution in [-0.4, -0.2) is 11.7 Å². The van der Waals surface area contributed by atoms with Gasteiger partial charge in [0, 0.05) is 17.5 Å². The monoisotopic (exact) mass is 198 g/mol. The maximum atomic E-state index is 9.00. The van der Waals surface area contributed by atoms with Gasteiger partial charge in [0.2, 0.25) is 0 Å². The lowest BCUT2D eigenvalue weighted by atomic mass is 9.98. The highest BCUT2D eigenvalue weighted by Gasteiger charge is 2.07. The summed E-state index contributed by atoms with van der Waals surface area (Å²) >= 11 is 6.04. The summed E-state index contributed by atoms with van der Waals surface area (Å²) in [5.74, 6) is 0.164. The minimum Gasteiger partial charge on any atom is -0.396 e. The molecule has 0 aliphatic rings. The second kappa shape index (κ2) is 4.12. The molecule has 72 valence electrons. The molecule has 2 heteroatoms. The van der Waals surface area contributed by atoms with E-state index in [1.807, 2.05) is 26.8 Å². The standard InChI is InChI=1S/C11H15ClO/c1-7-4-10(8(2)6-13)5-11(12)9(7)3/h4-5,8,13H,6H2,1-3H3. The van der Waals surface area contributed by atoms with Crippen LogP contribution in [0.2, 0.25) is 5.02 Å². The van der Waals surface area contributed by atoms with Crippen LogP contribution in [0, 0.1) is 13.8 Å². The van der Waals surface area contributed by atoms with Crippen molar-refractivity contribution in [3.63, 3.8) is 0 Å². The molecule has 1 unspecified atom stereocenters. The molecule has 13 heavy (non-hydrogen) atoms. The first-order chi connectivity index (χ1) is 6.06. The number of hydrogen-bond donors (Lipinski definition) is 1. The molecule has 0 aliphatic heterocycles. The first kappa shape index (κ1) is 10.6. The molecule has 1 N–H and O–H groups in total. The molecule has 0 aromatic heterocycles. The maximum absolute atomic E-state index is 9.00. The molecule has 0 fully saturated rings. The first-order valence-corrected chi connectivity index (χ1v) is 4.81. The Morgan fingerprint density at radius 2 is 2.00 bits per heavy atom. The fourth-order valence-corrected chi connectivity index (χ4v) is 1.51. The van der Waals surface area contributed by atoms with Gasteiger partial charge in [-0.25, -0.2) is 0 Å². The lowest BCUT2D eigenvalue weighted by molar-refractivity contribution is 0.273. The van der Waals surface area contributed by atoms with Crippen molar-refractivity contribution < 1.29 is 5.11 Å². The van der Waals surface area contributed by atoms with Crippen LogP contribution in [-0.2, 0) is 0 Å².